The van der Waals surface area contributed by atoms with Crippen LogP contribution < -0.4 is 5.32 Å². The fraction of sp³-hybridized carbons (Fsp3) is 0.857. The van der Waals surface area contributed by atoms with Crippen LogP contribution in [0.25, 0.3) is 0 Å². The Labute approximate surface area is 90.9 Å². The minimum Gasteiger partial charge on any atom is -0.352 e. The molecule has 0 aromatic rings. The van der Waals surface area contributed by atoms with E-state index in [1.165, 1.54) is 0 Å². The molecule has 0 aromatic heterocycles. The van der Waals surface area contributed by atoms with Gasteiger partial charge in [0.1, 0.15) is 4.32 Å². The van der Waals surface area contributed by atoms with Crippen molar-refractivity contribution in [3.63, 3.8) is 0 Å². The first-order valence-electron chi connectivity index (χ1n) is 3.96. The van der Waals surface area contributed by atoms with Crippen molar-refractivity contribution in [3.8, 4) is 0 Å². The lowest BCUT2D eigenvalue weighted by atomic mass is 10.1. The van der Waals surface area contributed by atoms with Crippen molar-refractivity contribution < 1.29 is 0 Å². The van der Waals surface area contributed by atoms with Gasteiger partial charge in [-0.05, 0) is 6.42 Å². The summed E-state index contributed by atoms with van der Waals surface area (Å²) in [7, 11) is 0. The van der Waals surface area contributed by atoms with E-state index in [0.29, 0.717) is 6.04 Å². The number of thiol groups is 1. The number of thiocarbonyl (C=S) groups is 1. The van der Waals surface area contributed by atoms with Gasteiger partial charge in [-0.25, -0.2) is 0 Å². The van der Waals surface area contributed by atoms with E-state index >= 15 is 0 Å². The number of halogens is 1. The number of piperazine rings is 1. The molecule has 1 fully saturated rings. The van der Waals surface area contributed by atoms with Gasteiger partial charge in [0.25, 0.3) is 0 Å². The van der Waals surface area contributed by atoms with Gasteiger partial charge in [0.2, 0.25) is 0 Å². The third-order valence-corrected chi connectivity index (χ3v) is 2.56. The zero-order chi connectivity index (χ0) is 8.27. The molecule has 1 saturated heterocycles. The molecule has 5 heteroatoms. The summed E-state index contributed by atoms with van der Waals surface area (Å²) in [6.07, 6.45) is 1.13. The van der Waals surface area contributed by atoms with E-state index in [4.69, 9.17) is 12.2 Å². The molecular weight excluding hydrogens is 212 g/mol. The van der Waals surface area contributed by atoms with E-state index in [1.807, 2.05) is 0 Å². The first-order chi connectivity index (χ1) is 5.25. The molecule has 1 N–H and O–H groups in total. The molecule has 0 spiro atoms. The van der Waals surface area contributed by atoms with Crippen molar-refractivity contribution in [2.45, 2.75) is 19.4 Å². The van der Waals surface area contributed by atoms with Gasteiger partial charge in [-0.3, -0.25) is 0 Å². The Bertz CT molecular complexity index is 154. The van der Waals surface area contributed by atoms with Gasteiger partial charge in [0, 0.05) is 25.7 Å². The lowest BCUT2D eigenvalue weighted by molar-refractivity contribution is 0.259. The SMILES string of the molecule is CCC1CNCCN1C(=S)S.Cl. The molecule has 1 rings (SSSR count). The smallest absolute Gasteiger partial charge is 0.133 e. The van der Waals surface area contributed by atoms with Crippen LogP contribution in [0.5, 0.6) is 0 Å². The van der Waals surface area contributed by atoms with Gasteiger partial charge in [-0.2, -0.15) is 0 Å². The maximum absolute atomic E-state index is 5.02. The van der Waals surface area contributed by atoms with Gasteiger partial charge < -0.3 is 10.2 Å². The van der Waals surface area contributed by atoms with E-state index in [9.17, 15) is 0 Å². The summed E-state index contributed by atoms with van der Waals surface area (Å²) in [5, 5.41) is 3.34. The Kier molecular flexibility index (Phi) is 6.27. The highest BCUT2D eigenvalue weighted by atomic mass is 35.5. The third kappa shape index (κ3) is 3.09. The Morgan fingerprint density at radius 3 is 2.83 bits per heavy atom. The predicted octanol–water partition coefficient (Wildman–Crippen LogP) is 1.31. The molecule has 0 aliphatic carbocycles. The van der Waals surface area contributed by atoms with Crippen molar-refractivity contribution in [2.75, 3.05) is 19.6 Å². The van der Waals surface area contributed by atoms with E-state index in [2.05, 4.69) is 29.8 Å². The van der Waals surface area contributed by atoms with Gasteiger partial charge in [0.05, 0.1) is 0 Å². The van der Waals surface area contributed by atoms with Crippen molar-refractivity contribution in [3.05, 3.63) is 0 Å². The molecule has 1 heterocycles. The van der Waals surface area contributed by atoms with Crippen molar-refractivity contribution in [1.82, 2.24) is 10.2 Å². The number of nitrogens with zero attached hydrogens (tertiary/aromatic N) is 1. The van der Waals surface area contributed by atoms with E-state index in [-0.39, 0.29) is 12.4 Å². The van der Waals surface area contributed by atoms with Crippen molar-refractivity contribution in [1.29, 1.82) is 0 Å². The quantitative estimate of drug-likeness (QED) is 0.518. The van der Waals surface area contributed by atoms with Crippen LogP contribution in [0.15, 0.2) is 0 Å². The van der Waals surface area contributed by atoms with Crippen LogP contribution in [0, 0.1) is 0 Å². The zero-order valence-electron chi connectivity index (χ0n) is 7.12. The summed E-state index contributed by atoms with van der Waals surface area (Å²) in [5.41, 5.74) is 0. The molecule has 1 unspecified atom stereocenters. The van der Waals surface area contributed by atoms with Gasteiger partial charge in [-0.1, -0.05) is 19.1 Å². The summed E-state index contributed by atoms with van der Waals surface area (Å²) < 4.78 is 0.735. The fourth-order valence-electron chi connectivity index (χ4n) is 1.38. The van der Waals surface area contributed by atoms with Crippen LogP contribution in [0.2, 0.25) is 0 Å². The molecule has 0 aromatic carbocycles. The average Bonchev–Trinajstić information content (AvgIpc) is 2.04. The molecule has 1 atom stereocenters. The molecule has 0 bridgehead atoms. The normalized spacial score (nSPS) is 23.2. The Hall–Kier alpha value is 0.490. The van der Waals surface area contributed by atoms with E-state index in [0.717, 1.165) is 30.4 Å². The maximum Gasteiger partial charge on any atom is 0.133 e. The Morgan fingerprint density at radius 2 is 2.42 bits per heavy atom. The summed E-state index contributed by atoms with van der Waals surface area (Å²) in [6.45, 7) is 5.24. The Balaban J connectivity index is 0.00000121. The monoisotopic (exact) mass is 226 g/mol. The fourth-order valence-corrected chi connectivity index (χ4v) is 1.88. The number of rotatable bonds is 1. The zero-order valence-corrected chi connectivity index (χ0v) is 9.64. The predicted molar refractivity (Wildman–Crippen MR) is 62.5 cm³/mol. The summed E-state index contributed by atoms with van der Waals surface area (Å²) in [5.74, 6) is 0. The molecular formula is C7H15ClN2S2. The summed E-state index contributed by atoms with van der Waals surface area (Å²) >= 11 is 9.21. The van der Waals surface area contributed by atoms with E-state index < -0.39 is 0 Å². The summed E-state index contributed by atoms with van der Waals surface area (Å²) in [6, 6.07) is 0.550. The van der Waals surface area contributed by atoms with Crippen molar-refractivity contribution >= 4 is 41.6 Å². The second kappa shape index (κ2) is 6.02. The molecule has 0 saturated carbocycles. The maximum atomic E-state index is 5.02. The average molecular weight is 227 g/mol. The first-order valence-corrected chi connectivity index (χ1v) is 4.81. The molecule has 0 radical (unpaired) electrons. The number of hydrogen-bond acceptors (Lipinski definition) is 2. The second-order valence-electron chi connectivity index (χ2n) is 2.74. The van der Waals surface area contributed by atoms with Crippen LogP contribution in [-0.4, -0.2) is 34.9 Å². The molecule has 1 aliphatic rings. The molecule has 0 amide bonds. The standard InChI is InChI=1S/C7H14N2S2.ClH/c1-2-6-5-8-3-4-9(6)7(10)11;/h6,8H,2-5H2,1H3,(H,10,11);1H. The first kappa shape index (κ1) is 12.5. The molecule has 12 heavy (non-hydrogen) atoms. The third-order valence-electron chi connectivity index (χ3n) is 2.07. The minimum absolute atomic E-state index is 0. The lowest BCUT2D eigenvalue weighted by Gasteiger charge is -2.36. The lowest BCUT2D eigenvalue weighted by Crippen LogP contribution is -2.51. The van der Waals surface area contributed by atoms with Crippen LogP contribution in [0.4, 0.5) is 0 Å². The van der Waals surface area contributed by atoms with E-state index in [1.54, 1.807) is 0 Å². The highest BCUT2D eigenvalue weighted by molar-refractivity contribution is 8.10. The molecule has 1 aliphatic heterocycles. The minimum atomic E-state index is 0. The Morgan fingerprint density at radius 1 is 1.75 bits per heavy atom. The van der Waals surface area contributed by atoms with Gasteiger partial charge >= 0.3 is 0 Å². The van der Waals surface area contributed by atoms with Crippen LogP contribution in [0.1, 0.15) is 13.3 Å². The number of hydrogen-bond donors (Lipinski definition) is 2. The van der Waals surface area contributed by atoms with Crippen molar-refractivity contribution in [2.24, 2.45) is 0 Å². The molecule has 72 valence electrons. The topological polar surface area (TPSA) is 15.3 Å². The summed E-state index contributed by atoms with van der Waals surface area (Å²) in [4.78, 5) is 2.19. The largest absolute Gasteiger partial charge is 0.352 e. The van der Waals surface area contributed by atoms with Crippen LogP contribution in [0.3, 0.4) is 0 Å². The van der Waals surface area contributed by atoms with Gasteiger partial charge in [0.15, 0.2) is 0 Å². The van der Waals surface area contributed by atoms with Crippen LogP contribution >= 0.6 is 37.3 Å². The highest BCUT2D eigenvalue weighted by Crippen LogP contribution is 2.09. The number of nitrogens with one attached hydrogen (secondary N) is 1. The second-order valence-corrected chi connectivity index (χ2v) is 3.86. The highest BCUT2D eigenvalue weighted by Gasteiger charge is 2.20. The van der Waals surface area contributed by atoms with Gasteiger partial charge in [-0.15, -0.1) is 25.0 Å². The molecule has 2 nitrogen and oxygen atoms in total. The van der Waals surface area contributed by atoms with Crippen LogP contribution in [-0.2, 0) is 0 Å².